The lowest BCUT2D eigenvalue weighted by atomic mass is 9.89. The van der Waals surface area contributed by atoms with Crippen molar-refractivity contribution < 1.29 is 5.11 Å². The molecule has 0 atom stereocenters. The molecule has 1 aromatic rings. The van der Waals surface area contributed by atoms with Gasteiger partial charge in [0.2, 0.25) is 0 Å². The number of unbranched alkanes of at least 4 members (excludes halogenated alkanes) is 5. The van der Waals surface area contributed by atoms with Gasteiger partial charge in [-0.05, 0) is 61.3 Å². The van der Waals surface area contributed by atoms with Crippen molar-refractivity contribution in [1.29, 1.82) is 0 Å². The molecule has 1 aliphatic rings. The fourth-order valence-corrected chi connectivity index (χ4v) is 3.05. The van der Waals surface area contributed by atoms with Crippen molar-refractivity contribution in [3.8, 4) is 0 Å². The Morgan fingerprint density at radius 1 is 0.917 bits per heavy atom. The van der Waals surface area contributed by atoms with Crippen LogP contribution in [0.1, 0.15) is 88.8 Å². The van der Waals surface area contributed by atoms with Crippen molar-refractivity contribution in [3.05, 3.63) is 34.9 Å². The van der Waals surface area contributed by atoms with E-state index in [-0.39, 0.29) is 0 Å². The smallest absolute Gasteiger partial charge is 0.0319 e. The average molecular weight is 336 g/mol. The molecule has 0 aromatic heterocycles. The summed E-state index contributed by atoms with van der Waals surface area (Å²) in [5.74, 6) is 0. The predicted molar refractivity (Wildman–Crippen MR) is 108 cm³/mol. The van der Waals surface area contributed by atoms with Gasteiger partial charge in [-0.15, -0.1) is 0 Å². The van der Waals surface area contributed by atoms with Crippen molar-refractivity contribution in [1.82, 2.24) is 0 Å². The Balaban J connectivity index is 0.000000773. The van der Waals surface area contributed by atoms with Crippen molar-refractivity contribution in [2.45, 2.75) is 97.4 Å². The molecule has 2 rings (SSSR count). The molecule has 0 unspecified atom stereocenters. The molecule has 2 nitrogen and oxygen atoms in total. The highest BCUT2D eigenvalue weighted by atomic mass is 16.2. The lowest BCUT2D eigenvalue weighted by Crippen LogP contribution is -2.06. The van der Waals surface area contributed by atoms with Crippen molar-refractivity contribution in [3.63, 3.8) is 0 Å². The van der Waals surface area contributed by atoms with Crippen LogP contribution in [0, 0.1) is 0 Å². The van der Waals surface area contributed by atoms with Crippen molar-refractivity contribution in [2.75, 3.05) is 7.11 Å². The molecule has 1 aromatic carbocycles. The van der Waals surface area contributed by atoms with E-state index in [1.165, 1.54) is 70.6 Å². The summed E-state index contributed by atoms with van der Waals surface area (Å²) >= 11 is 0. The quantitative estimate of drug-likeness (QED) is 0.653. The van der Waals surface area contributed by atoms with Crippen LogP contribution < -0.4 is 5.73 Å². The average Bonchev–Trinajstić information content (AvgIpc) is 2.59. The molecular formula is C22H41NO. The van der Waals surface area contributed by atoms with Gasteiger partial charge < -0.3 is 10.8 Å². The Hall–Kier alpha value is -0.860. The Bertz CT molecular complexity index is 398. The molecule has 3 N–H and O–H groups in total. The summed E-state index contributed by atoms with van der Waals surface area (Å²) in [6.07, 6.45) is 15.1. The second kappa shape index (κ2) is 15.7. The van der Waals surface area contributed by atoms with Crippen LogP contribution in [-0.2, 0) is 19.3 Å². The van der Waals surface area contributed by atoms with Crippen LogP contribution in [-0.4, -0.2) is 18.3 Å². The minimum atomic E-state index is 0.333. The van der Waals surface area contributed by atoms with Gasteiger partial charge in [0, 0.05) is 7.11 Å². The largest absolute Gasteiger partial charge is 0.400 e. The lowest BCUT2D eigenvalue weighted by Gasteiger charge is -2.16. The van der Waals surface area contributed by atoms with Gasteiger partial charge in [-0.1, -0.05) is 71.1 Å². The van der Waals surface area contributed by atoms with E-state index < -0.39 is 0 Å². The molecule has 0 bridgehead atoms. The number of aliphatic hydroxyl groups is 1. The number of hydrogen-bond acceptors (Lipinski definition) is 2. The first-order chi connectivity index (χ1) is 11.6. The highest BCUT2D eigenvalue weighted by Crippen LogP contribution is 2.23. The minimum Gasteiger partial charge on any atom is -0.400 e. The zero-order valence-electron chi connectivity index (χ0n) is 16.6. The van der Waals surface area contributed by atoms with Crippen LogP contribution in [0.25, 0.3) is 0 Å². The van der Waals surface area contributed by atoms with E-state index >= 15 is 0 Å². The number of nitrogens with two attached hydrogens (primary N) is 1. The van der Waals surface area contributed by atoms with E-state index in [2.05, 4.69) is 25.1 Å². The number of hydrogen-bond donors (Lipinski definition) is 2. The first-order valence-electron chi connectivity index (χ1n) is 9.94. The normalized spacial score (nSPS) is 12.6. The van der Waals surface area contributed by atoms with Crippen LogP contribution >= 0.6 is 0 Å². The van der Waals surface area contributed by atoms with E-state index in [4.69, 9.17) is 10.8 Å². The van der Waals surface area contributed by atoms with Gasteiger partial charge in [0.05, 0.1) is 0 Å². The fourth-order valence-electron chi connectivity index (χ4n) is 3.05. The molecule has 0 aliphatic heterocycles. The van der Waals surface area contributed by atoms with Crippen LogP contribution in [0.3, 0.4) is 0 Å². The van der Waals surface area contributed by atoms with Crippen LogP contribution in [0.5, 0.6) is 0 Å². The summed E-state index contributed by atoms with van der Waals surface area (Å²) in [6.45, 7) is 6.17. The van der Waals surface area contributed by atoms with Crippen LogP contribution in [0.2, 0.25) is 0 Å². The maximum atomic E-state index is 7.00. The molecule has 0 heterocycles. The lowest BCUT2D eigenvalue weighted by molar-refractivity contribution is 0.399. The van der Waals surface area contributed by atoms with Gasteiger partial charge in [-0.25, -0.2) is 0 Å². The van der Waals surface area contributed by atoms with Gasteiger partial charge in [0.15, 0.2) is 0 Å². The molecule has 0 spiro atoms. The van der Waals surface area contributed by atoms with Gasteiger partial charge in [-0.3, -0.25) is 0 Å². The molecule has 1 aliphatic carbocycles. The highest BCUT2D eigenvalue weighted by Gasteiger charge is 2.09. The van der Waals surface area contributed by atoms with E-state index in [1.54, 1.807) is 16.7 Å². The van der Waals surface area contributed by atoms with Crippen LogP contribution in [0.15, 0.2) is 18.2 Å². The molecule has 0 saturated heterocycles. The molecule has 0 amide bonds. The predicted octanol–water partition coefficient (Wildman–Crippen LogP) is 5.43. The summed E-state index contributed by atoms with van der Waals surface area (Å²) < 4.78 is 0. The monoisotopic (exact) mass is 335 g/mol. The zero-order valence-corrected chi connectivity index (χ0v) is 16.6. The molecule has 0 radical (unpaired) electrons. The molecular weight excluding hydrogens is 294 g/mol. The Morgan fingerprint density at radius 3 is 2.08 bits per heavy atom. The summed E-state index contributed by atoms with van der Waals surface area (Å²) in [5, 5.41) is 7.00. The first kappa shape index (κ1) is 23.1. The number of benzene rings is 1. The first-order valence-corrected chi connectivity index (χ1v) is 9.94. The van der Waals surface area contributed by atoms with E-state index in [0.29, 0.717) is 6.04 Å². The van der Waals surface area contributed by atoms with E-state index in [1.807, 2.05) is 13.8 Å². The number of aliphatic hydroxyl groups excluding tert-OH is 1. The maximum Gasteiger partial charge on any atom is 0.0319 e. The van der Waals surface area contributed by atoms with E-state index in [0.717, 1.165) is 7.11 Å². The molecule has 0 fully saturated rings. The molecule has 2 heteroatoms. The summed E-state index contributed by atoms with van der Waals surface area (Å²) in [5.41, 5.74) is 9.95. The van der Waals surface area contributed by atoms with Crippen LogP contribution in [0.4, 0.5) is 0 Å². The zero-order chi connectivity index (χ0) is 18.2. The van der Waals surface area contributed by atoms with Gasteiger partial charge in [0.1, 0.15) is 0 Å². The fraction of sp³-hybridized carbons (Fsp3) is 0.727. The minimum absolute atomic E-state index is 0.333. The van der Waals surface area contributed by atoms with Gasteiger partial charge in [0.25, 0.3) is 0 Å². The summed E-state index contributed by atoms with van der Waals surface area (Å²) in [7, 11) is 1.00. The summed E-state index contributed by atoms with van der Waals surface area (Å²) in [6, 6.07) is 7.58. The standard InChI is InChI=1S/C18H28.C3H9N.CH4O/c1-2-3-4-5-6-7-10-16-13-14-17-11-8-9-12-18(17)15-16;1-3(2)4;1-2/h13-15H,2-12H2,1H3;3H,4H2,1-2H3;2H,1H3. The second-order valence-corrected chi connectivity index (χ2v) is 7.07. The third kappa shape index (κ3) is 11.6. The second-order valence-electron chi connectivity index (χ2n) is 7.07. The van der Waals surface area contributed by atoms with Crippen molar-refractivity contribution in [2.24, 2.45) is 5.73 Å². The number of fused-ring (bicyclic) bond motifs is 1. The molecule has 140 valence electrons. The third-order valence-corrected chi connectivity index (χ3v) is 4.23. The number of rotatable bonds is 7. The third-order valence-electron chi connectivity index (χ3n) is 4.23. The topological polar surface area (TPSA) is 46.2 Å². The summed E-state index contributed by atoms with van der Waals surface area (Å²) in [4.78, 5) is 0. The maximum absolute atomic E-state index is 7.00. The molecule has 24 heavy (non-hydrogen) atoms. The number of aryl methyl sites for hydroxylation is 3. The van der Waals surface area contributed by atoms with Gasteiger partial charge >= 0.3 is 0 Å². The highest BCUT2D eigenvalue weighted by molar-refractivity contribution is 5.33. The Labute approximate surface area is 150 Å². The van der Waals surface area contributed by atoms with Gasteiger partial charge in [-0.2, -0.15) is 0 Å². The Morgan fingerprint density at radius 2 is 1.46 bits per heavy atom. The Kier molecular flexibility index (Phi) is 15.1. The van der Waals surface area contributed by atoms with E-state index in [9.17, 15) is 0 Å². The van der Waals surface area contributed by atoms with Crippen molar-refractivity contribution >= 4 is 0 Å². The SMILES string of the molecule is CC(C)N.CCCCCCCCc1ccc2c(c1)CCCC2.CO. The molecule has 0 saturated carbocycles.